The molecular formula is C15H15ClN2O2. The van der Waals surface area contributed by atoms with Crippen molar-refractivity contribution < 1.29 is 9.90 Å². The van der Waals surface area contributed by atoms with Gasteiger partial charge in [-0.25, -0.2) is 4.98 Å². The van der Waals surface area contributed by atoms with Gasteiger partial charge in [0, 0.05) is 30.6 Å². The number of benzene rings is 1. The topological polar surface area (TPSA) is 55.1 Å². The van der Waals surface area contributed by atoms with Crippen molar-refractivity contribution in [3.8, 4) is 0 Å². The van der Waals surface area contributed by atoms with Crippen LogP contribution >= 0.6 is 11.6 Å². The molecule has 1 aromatic heterocycles. The molecule has 1 N–H and O–H groups in total. The number of carbonyl (C=O) groups is 1. The maximum atomic E-state index is 11.1. The van der Waals surface area contributed by atoms with Crippen molar-refractivity contribution >= 4 is 17.6 Å². The monoisotopic (exact) mass is 290 g/mol. The summed E-state index contributed by atoms with van der Waals surface area (Å²) in [6.07, 6.45) is 3.87. The van der Waals surface area contributed by atoms with Gasteiger partial charge in [-0.2, -0.15) is 0 Å². The molecule has 1 aromatic carbocycles. The van der Waals surface area contributed by atoms with Crippen molar-refractivity contribution in [2.24, 2.45) is 5.92 Å². The predicted octanol–water partition coefficient (Wildman–Crippen LogP) is 2.77. The third-order valence-corrected chi connectivity index (χ3v) is 4.10. The van der Waals surface area contributed by atoms with Gasteiger partial charge in [0.05, 0.1) is 11.6 Å². The minimum Gasteiger partial charge on any atom is -0.481 e. The number of carboxylic acid groups (broad SMARTS) is 1. The smallest absolute Gasteiger partial charge is 0.307 e. The fourth-order valence-corrected chi connectivity index (χ4v) is 2.82. The summed E-state index contributed by atoms with van der Waals surface area (Å²) >= 11 is 6.15. The van der Waals surface area contributed by atoms with Crippen LogP contribution in [0.25, 0.3) is 0 Å². The van der Waals surface area contributed by atoms with Crippen molar-refractivity contribution in [3.05, 3.63) is 52.6 Å². The minimum absolute atomic E-state index is 0.307. The first-order chi connectivity index (χ1) is 9.63. The summed E-state index contributed by atoms with van der Waals surface area (Å²) in [6, 6.07) is 7.72. The number of hydrogen-bond donors (Lipinski definition) is 1. The zero-order valence-electron chi connectivity index (χ0n) is 10.9. The Morgan fingerprint density at radius 3 is 3.00 bits per heavy atom. The van der Waals surface area contributed by atoms with Gasteiger partial charge in [0.2, 0.25) is 0 Å². The van der Waals surface area contributed by atoms with Crippen LogP contribution in [0.2, 0.25) is 5.02 Å². The van der Waals surface area contributed by atoms with Gasteiger partial charge in [-0.1, -0.05) is 29.8 Å². The van der Waals surface area contributed by atoms with Crippen molar-refractivity contribution in [3.63, 3.8) is 0 Å². The summed E-state index contributed by atoms with van der Waals surface area (Å²) < 4.78 is 2.06. The Labute approximate surface area is 122 Å². The highest BCUT2D eigenvalue weighted by atomic mass is 35.5. The summed E-state index contributed by atoms with van der Waals surface area (Å²) in [4.78, 5) is 15.6. The first-order valence-corrected chi connectivity index (χ1v) is 7.02. The number of fused-ring (bicyclic) bond motifs is 1. The second kappa shape index (κ2) is 5.29. The Bertz CT molecular complexity index is 651. The lowest BCUT2D eigenvalue weighted by Crippen LogP contribution is -2.25. The summed E-state index contributed by atoms with van der Waals surface area (Å²) in [5.41, 5.74) is 1.98. The fraction of sp³-hybridized carbons (Fsp3) is 0.333. The molecule has 1 unspecified atom stereocenters. The lowest BCUT2D eigenvalue weighted by Gasteiger charge is -2.19. The number of carboxylic acids is 1. The van der Waals surface area contributed by atoms with Crippen molar-refractivity contribution in [1.82, 2.24) is 9.55 Å². The van der Waals surface area contributed by atoms with E-state index in [1.54, 1.807) is 0 Å². The molecule has 0 bridgehead atoms. The Morgan fingerprint density at radius 2 is 2.25 bits per heavy atom. The van der Waals surface area contributed by atoms with Crippen LogP contribution in [0.5, 0.6) is 0 Å². The highest BCUT2D eigenvalue weighted by Gasteiger charge is 2.25. The normalized spacial score (nSPS) is 17.8. The Morgan fingerprint density at radius 1 is 1.45 bits per heavy atom. The quantitative estimate of drug-likeness (QED) is 0.946. The maximum Gasteiger partial charge on any atom is 0.307 e. The maximum absolute atomic E-state index is 11.1. The average molecular weight is 291 g/mol. The molecule has 0 fully saturated rings. The molecule has 0 radical (unpaired) electrons. The van der Waals surface area contributed by atoms with Gasteiger partial charge < -0.3 is 9.67 Å². The van der Waals surface area contributed by atoms with Gasteiger partial charge in [-0.05, 0) is 18.1 Å². The highest BCUT2D eigenvalue weighted by molar-refractivity contribution is 6.31. The van der Waals surface area contributed by atoms with E-state index in [1.807, 2.05) is 30.5 Å². The van der Waals surface area contributed by atoms with Crippen molar-refractivity contribution in [1.29, 1.82) is 0 Å². The van der Waals surface area contributed by atoms with Crippen LogP contribution in [0, 0.1) is 5.92 Å². The molecule has 1 atom stereocenters. The number of aryl methyl sites for hydroxylation is 1. The van der Waals surface area contributed by atoms with Gasteiger partial charge >= 0.3 is 5.97 Å². The Hall–Kier alpha value is -1.81. The average Bonchev–Trinajstić information content (AvgIpc) is 2.82. The first kappa shape index (κ1) is 13.2. The molecule has 104 valence electrons. The second-order valence-electron chi connectivity index (χ2n) is 5.14. The predicted molar refractivity (Wildman–Crippen MR) is 75.9 cm³/mol. The molecule has 3 rings (SSSR count). The number of nitrogens with zero attached hydrogens (tertiary/aromatic N) is 2. The van der Waals surface area contributed by atoms with E-state index in [9.17, 15) is 4.79 Å². The molecular weight excluding hydrogens is 276 g/mol. The fourth-order valence-electron chi connectivity index (χ4n) is 2.62. The first-order valence-electron chi connectivity index (χ1n) is 6.64. The van der Waals surface area contributed by atoms with E-state index >= 15 is 0 Å². The van der Waals surface area contributed by atoms with E-state index in [1.165, 1.54) is 0 Å². The van der Waals surface area contributed by atoms with Crippen LogP contribution < -0.4 is 0 Å². The van der Waals surface area contributed by atoms with Crippen LogP contribution in [0.1, 0.15) is 23.5 Å². The zero-order chi connectivity index (χ0) is 14.1. The SMILES string of the molecule is O=C(O)C1CCn2cc(Cc3ccccc3Cl)nc2C1. The highest BCUT2D eigenvalue weighted by Crippen LogP contribution is 2.23. The molecule has 0 aliphatic carbocycles. The van der Waals surface area contributed by atoms with Gasteiger partial charge in [0.15, 0.2) is 0 Å². The number of halogens is 1. The van der Waals surface area contributed by atoms with Crippen LogP contribution in [-0.2, 0) is 24.2 Å². The van der Waals surface area contributed by atoms with E-state index in [2.05, 4.69) is 9.55 Å². The summed E-state index contributed by atoms with van der Waals surface area (Å²) in [7, 11) is 0. The lowest BCUT2D eigenvalue weighted by atomic mass is 9.98. The Kier molecular flexibility index (Phi) is 3.49. The number of hydrogen-bond acceptors (Lipinski definition) is 2. The molecule has 2 heterocycles. The largest absolute Gasteiger partial charge is 0.481 e. The molecule has 1 aliphatic heterocycles. The van der Waals surface area contributed by atoms with Gasteiger partial charge in [-0.3, -0.25) is 4.79 Å². The Balaban J connectivity index is 1.81. The van der Waals surface area contributed by atoms with Crippen LogP contribution in [0.15, 0.2) is 30.5 Å². The molecule has 0 saturated heterocycles. The van der Waals surface area contributed by atoms with Crippen LogP contribution in [0.4, 0.5) is 0 Å². The number of aromatic nitrogens is 2. The van der Waals surface area contributed by atoms with Crippen LogP contribution in [0.3, 0.4) is 0 Å². The van der Waals surface area contributed by atoms with E-state index in [0.717, 1.165) is 28.6 Å². The minimum atomic E-state index is -0.730. The summed E-state index contributed by atoms with van der Waals surface area (Å²) in [6.45, 7) is 0.724. The van der Waals surface area contributed by atoms with E-state index < -0.39 is 5.97 Å². The van der Waals surface area contributed by atoms with Gasteiger partial charge in [0.1, 0.15) is 5.82 Å². The third-order valence-electron chi connectivity index (χ3n) is 3.74. The molecule has 20 heavy (non-hydrogen) atoms. The second-order valence-corrected chi connectivity index (χ2v) is 5.55. The van der Waals surface area contributed by atoms with Crippen LogP contribution in [-0.4, -0.2) is 20.6 Å². The van der Waals surface area contributed by atoms with E-state index in [-0.39, 0.29) is 5.92 Å². The van der Waals surface area contributed by atoms with Gasteiger partial charge in [0.25, 0.3) is 0 Å². The van der Waals surface area contributed by atoms with Crippen molar-refractivity contribution in [2.45, 2.75) is 25.8 Å². The third kappa shape index (κ3) is 2.56. The number of aliphatic carboxylic acids is 1. The van der Waals surface area contributed by atoms with Gasteiger partial charge in [-0.15, -0.1) is 0 Å². The molecule has 0 saturated carbocycles. The lowest BCUT2D eigenvalue weighted by molar-refractivity contribution is -0.142. The standard InChI is InChI=1S/C15H15ClN2O2/c16-13-4-2-1-3-10(13)7-12-9-18-6-5-11(15(19)20)8-14(18)17-12/h1-4,9,11H,5-8H2,(H,19,20). The van der Waals surface area contributed by atoms with E-state index in [4.69, 9.17) is 16.7 Å². The zero-order valence-corrected chi connectivity index (χ0v) is 11.7. The van der Waals surface area contributed by atoms with E-state index in [0.29, 0.717) is 19.3 Å². The van der Waals surface area contributed by atoms with Crippen molar-refractivity contribution in [2.75, 3.05) is 0 Å². The number of imidazole rings is 1. The molecule has 2 aromatic rings. The molecule has 4 nitrogen and oxygen atoms in total. The summed E-state index contributed by atoms with van der Waals surface area (Å²) in [5.74, 6) is -0.171. The molecule has 1 aliphatic rings. The number of rotatable bonds is 3. The molecule has 5 heteroatoms. The molecule has 0 spiro atoms. The summed E-state index contributed by atoms with van der Waals surface area (Å²) in [5, 5.41) is 9.83. The molecule has 0 amide bonds.